The molecule has 0 bridgehead atoms. The molecule has 0 spiro atoms. The van der Waals surface area contributed by atoms with Crippen LogP contribution in [0.3, 0.4) is 0 Å². The van der Waals surface area contributed by atoms with Crippen LogP contribution in [0.2, 0.25) is 0 Å². The Balaban J connectivity index is -0.000000125. The number of hydrogen-bond acceptors (Lipinski definition) is 2. The van der Waals surface area contributed by atoms with E-state index < -0.39 is 0 Å². The Labute approximate surface area is 75.4 Å². The van der Waals surface area contributed by atoms with Crippen molar-refractivity contribution in [3.8, 4) is 0 Å². The van der Waals surface area contributed by atoms with Crippen LogP contribution in [-0.2, 0) is 4.74 Å². The summed E-state index contributed by atoms with van der Waals surface area (Å²) in [5.41, 5.74) is 0. The summed E-state index contributed by atoms with van der Waals surface area (Å²) in [7, 11) is 1.55. The Morgan fingerprint density at radius 2 is 2.43 bits per heavy atom. The molecular weight excluding hydrogens is 118 g/mol. The number of hydrogen-bond donors (Lipinski definition) is 1. The summed E-state index contributed by atoms with van der Waals surface area (Å²) in [5, 5.41) is 8.19. The van der Waals surface area contributed by atoms with Gasteiger partial charge in [0.2, 0.25) is 0 Å². The Kier molecular flexibility index (Phi) is 12.0. The zero-order valence-electron chi connectivity index (χ0n) is 5.72. The summed E-state index contributed by atoms with van der Waals surface area (Å²) in [5.74, 6) is 0. The van der Waals surface area contributed by atoms with Gasteiger partial charge in [0.15, 0.2) is 16.3 Å². The van der Waals surface area contributed by atoms with E-state index in [4.69, 9.17) is 5.11 Å². The van der Waals surface area contributed by atoms with Gasteiger partial charge in [-0.05, 0) is 0 Å². The van der Waals surface area contributed by atoms with Crippen molar-refractivity contribution in [2.75, 3.05) is 13.7 Å². The largest absolute Gasteiger partial charge is 1.00 e. The summed E-state index contributed by atoms with van der Waals surface area (Å²) in [6.07, 6.45) is 0. The number of aliphatic hydroxyl groups excluding tert-OH is 1. The van der Waals surface area contributed by atoms with Crippen LogP contribution in [0.5, 0.6) is 0 Å². The van der Waals surface area contributed by atoms with E-state index in [0.29, 0.717) is 0 Å². The Bertz CT molecular complexity index is 36.5. The summed E-state index contributed by atoms with van der Waals surface area (Å²) < 4.78 is 4.61. The fourth-order valence-electron chi connectivity index (χ4n) is 0.0745. The third-order valence-electron chi connectivity index (χ3n) is 0.483. The fourth-order valence-corrected chi connectivity index (χ4v) is 0.0745. The average Bonchev–Trinajstić information content (AvgIpc) is 1.65. The van der Waals surface area contributed by atoms with Gasteiger partial charge in [0, 0.05) is 12.1 Å². The summed E-state index contributed by atoms with van der Waals surface area (Å²) in [6, 6.07) is 0. The second-order valence-corrected chi connectivity index (χ2v) is 1.70. The molecule has 0 saturated carbocycles. The van der Waals surface area contributed by atoms with Crippen molar-refractivity contribution in [3.63, 3.8) is 0 Å². The normalized spacial score (nSPS) is 12.3. The molecule has 1 unspecified atom stereocenters. The maximum absolute atomic E-state index is 8.19. The molecular formula is C3H8AlNaO2. The van der Waals surface area contributed by atoms with Gasteiger partial charge in [-0.25, -0.2) is 0 Å². The van der Waals surface area contributed by atoms with Crippen molar-refractivity contribution >= 4 is 16.3 Å². The standard InChI is InChI=1S/C3H7O2.Al.Na.H/c1-5-3-2-4;;;/h3-4H,2H2,1H3;;;/q;;+1;-1. The van der Waals surface area contributed by atoms with Crippen molar-refractivity contribution in [1.29, 1.82) is 0 Å². The maximum atomic E-state index is 8.19. The second-order valence-electron chi connectivity index (χ2n) is 0.957. The molecule has 2 nitrogen and oxygen atoms in total. The first-order valence-electron chi connectivity index (χ1n) is 1.70. The van der Waals surface area contributed by atoms with Crippen molar-refractivity contribution in [1.82, 2.24) is 0 Å². The molecule has 0 fully saturated rings. The van der Waals surface area contributed by atoms with Gasteiger partial charge < -0.3 is 11.3 Å². The molecule has 36 valence electrons. The van der Waals surface area contributed by atoms with E-state index in [9.17, 15) is 0 Å². The van der Waals surface area contributed by atoms with E-state index in [1.165, 1.54) is 0 Å². The predicted octanol–water partition coefficient (Wildman–Crippen LogP) is -3.76. The van der Waals surface area contributed by atoms with E-state index in [2.05, 4.69) is 21.0 Å². The van der Waals surface area contributed by atoms with E-state index in [0.717, 1.165) is 0 Å². The van der Waals surface area contributed by atoms with Gasteiger partial charge in [0.1, 0.15) is 0 Å². The minimum absolute atomic E-state index is 0. The topological polar surface area (TPSA) is 29.5 Å². The summed E-state index contributed by atoms with van der Waals surface area (Å²) in [6.45, 7) is 0.0706. The van der Waals surface area contributed by atoms with Gasteiger partial charge in [0.05, 0.1) is 6.61 Å². The van der Waals surface area contributed by atoms with Gasteiger partial charge in [-0.1, -0.05) is 0 Å². The van der Waals surface area contributed by atoms with E-state index >= 15 is 0 Å². The molecule has 0 aromatic rings. The Morgan fingerprint density at radius 3 is 2.43 bits per heavy atom. The van der Waals surface area contributed by atoms with Gasteiger partial charge in [-0.15, -0.1) is 0 Å². The third-order valence-corrected chi connectivity index (χ3v) is 0.966. The van der Waals surface area contributed by atoms with Crippen LogP contribution in [0.15, 0.2) is 0 Å². The molecule has 0 aromatic carbocycles. The van der Waals surface area contributed by atoms with Crippen LogP contribution in [0.25, 0.3) is 0 Å². The molecule has 0 amide bonds. The minimum atomic E-state index is -0.0926. The van der Waals surface area contributed by atoms with E-state index in [-0.39, 0.29) is 42.6 Å². The fraction of sp³-hybridized carbons (Fsp3) is 1.00. The van der Waals surface area contributed by atoms with Crippen LogP contribution in [0, 0.1) is 0 Å². The molecule has 0 aromatic heterocycles. The molecule has 0 aliphatic heterocycles. The first kappa shape index (κ1) is 11.3. The maximum Gasteiger partial charge on any atom is 1.00 e. The number of aliphatic hydroxyl groups is 1. The first-order valence-corrected chi connectivity index (χ1v) is 2.37. The molecule has 0 aliphatic rings. The SMILES string of the molecule is CO[CH]([Al])CO.[H-].[Na+]. The minimum Gasteiger partial charge on any atom is -1.00 e. The average molecular weight is 126 g/mol. The zero-order valence-corrected chi connectivity index (χ0v) is 7.87. The van der Waals surface area contributed by atoms with Crippen molar-refractivity contribution in [3.05, 3.63) is 0 Å². The third kappa shape index (κ3) is 7.45. The van der Waals surface area contributed by atoms with Gasteiger partial charge in [-0.3, -0.25) is 0 Å². The van der Waals surface area contributed by atoms with Crippen LogP contribution in [-0.4, -0.2) is 40.1 Å². The smallest absolute Gasteiger partial charge is 1.00 e. The molecule has 2 radical (unpaired) electrons. The predicted molar refractivity (Wildman–Crippen MR) is 24.7 cm³/mol. The van der Waals surface area contributed by atoms with Crippen LogP contribution in [0.1, 0.15) is 1.43 Å². The number of ether oxygens (including phenoxy) is 1. The van der Waals surface area contributed by atoms with Crippen LogP contribution in [0.4, 0.5) is 0 Å². The Hall–Kier alpha value is 1.45. The summed E-state index contributed by atoms with van der Waals surface area (Å²) in [4.78, 5) is -0.0926. The molecule has 4 heteroatoms. The molecule has 1 N–H and O–H groups in total. The monoisotopic (exact) mass is 126 g/mol. The molecule has 0 saturated heterocycles. The first-order chi connectivity index (χ1) is 2.81. The zero-order chi connectivity index (χ0) is 4.99. The number of methoxy groups -OCH3 is 1. The number of rotatable bonds is 2. The van der Waals surface area contributed by atoms with Crippen LogP contribution >= 0.6 is 0 Å². The van der Waals surface area contributed by atoms with Gasteiger partial charge >= 0.3 is 29.6 Å². The second kappa shape index (κ2) is 7.45. The molecule has 1 atom stereocenters. The Morgan fingerprint density at radius 1 is 2.00 bits per heavy atom. The van der Waals surface area contributed by atoms with Crippen LogP contribution < -0.4 is 29.6 Å². The van der Waals surface area contributed by atoms with Crippen molar-refractivity contribution in [2.45, 2.75) is 4.97 Å². The molecule has 0 rings (SSSR count). The molecule has 0 aliphatic carbocycles. The van der Waals surface area contributed by atoms with Crippen molar-refractivity contribution < 1.29 is 40.8 Å². The molecule has 7 heavy (non-hydrogen) atoms. The molecule has 0 heterocycles. The van der Waals surface area contributed by atoms with Gasteiger partial charge in [0.25, 0.3) is 0 Å². The quantitative estimate of drug-likeness (QED) is 0.385. The summed E-state index contributed by atoms with van der Waals surface area (Å²) >= 11 is 2.34. The van der Waals surface area contributed by atoms with E-state index in [1.54, 1.807) is 7.11 Å². The van der Waals surface area contributed by atoms with Gasteiger partial charge in [-0.2, -0.15) is 0 Å². The van der Waals surface area contributed by atoms with Crippen molar-refractivity contribution in [2.24, 2.45) is 0 Å². The van der Waals surface area contributed by atoms with E-state index in [1.807, 2.05) is 0 Å².